The number of epoxide rings is 2. The van der Waals surface area contributed by atoms with Gasteiger partial charge in [-0.3, -0.25) is 0 Å². The topological polar surface area (TPSA) is 43.5 Å². The third-order valence-corrected chi connectivity index (χ3v) is 8.42. The number of ether oxygens (including phenoxy) is 4. The summed E-state index contributed by atoms with van der Waals surface area (Å²) in [5, 5.41) is 0. The molecule has 6 fully saturated rings. The monoisotopic (exact) mass is 362 g/mol. The van der Waals surface area contributed by atoms with Gasteiger partial charge in [0.25, 0.3) is 0 Å². The Bertz CT molecular complexity index is 506. The fourth-order valence-corrected chi connectivity index (χ4v) is 6.64. The molecule has 6 rings (SSSR count). The van der Waals surface area contributed by atoms with Crippen LogP contribution in [0.3, 0.4) is 0 Å². The average molecular weight is 363 g/mol. The summed E-state index contributed by atoms with van der Waals surface area (Å²) in [4.78, 5) is 0. The Hall–Kier alpha value is -0.160. The lowest BCUT2D eigenvalue weighted by Gasteiger charge is -2.40. The Morgan fingerprint density at radius 1 is 0.654 bits per heavy atom. The summed E-state index contributed by atoms with van der Waals surface area (Å²) < 4.78 is 24.7. The second-order valence-corrected chi connectivity index (χ2v) is 10.3. The normalized spacial score (nSPS) is 54.5. The van der Waals surface area contributed by atoms with Crippen molar-refractivity contribution in [2.75, 3.05) is 13.2 Å². The maximum atomic E-state index is 6.65. The molecule has 2 heterocycles. The summed E-state index contributed by atoms with van der Waals surface area (Å²) >= 11 is 0. The van der Waals surface area contributed by atoms with Crippen LogP contribution in [0, 0.1) is 11.8 Å². The SMILES string of the molecule is C1CC2(OCC3CCC4OC4C3)CCC(OCC3CCC4OC4C3)(C1)C2. The molecule has 4 saturated carbocycles. The number of hydrogen-bond acceptors (Lipinski definition) is 4. The molecule has 6 aliphatic rings. The summed E-state index contributed by atoms with van der Waals surface area (Å²) in [6.07, 6.45) is 17.2. The van der Waals surface area contributed by atoms with Crippen molar-refractivity contribution in [3.05, 3.63) is 0 Å². The lowest BCUT2D eigenvalue weighted by atomic mass is 9.82. The molecule has 2 bridgehead atoms. The van der Waals surface area contributed by atoms with E-state index in [1.165, 1.54) is 70.6 Å². The van der Waals surface area contributed by atoms with Crippen LogP contribution in [-0.4, -0.2) is 48.8 Å². The van der Waals surface area contributed by atoms with Crippen LogP contribution in [0.2, 0.25) is 0 Å². The van der Waals surface area contributed by atoms with Crippen molar-refractivity contribution in [2.45, 2.75) is 113 Å². The van der Waals surface area contributed by atoms with Gasteiger partial charge in [0.05, 0.1) is 48.8 Å². The molecule has 4 heteroatoms. The van der Waals surface area contributed by atoms with E-state index in [2.05, 4.69) is 0 Å². The van der Waals surface area contributed by atoms with Gasteiger partial charge in [-0.15, -0.1) is 0 Å². The molecular formula is C22H34O4. The molecule has 0 aromatic rings. The first-order valence-electron chi connectivity index (χ1n) is 11.3. The van der Waals surface area contributed by atoms with Crippen molar-refractivity contribution < 1.29 is 18.9 Å². The predicted octanol–water partition coefficient (Wildman–Crippen LogP) is 4.00. The molecular weight excluding hydrogens is 328 g/mol. The van der Waals surface area contributed by atoms with E-state index in [4.69, 9.17) is 18.9 Å². The molecule has 0 N–H and O–H groups in total. The van der Waals surface area contributed by atoms with Crippen LogP contribution in [0.25, 0.3) is 0 Å². The van der Waals surface area contributed by atoms with Crippen molar-refractivity contribution in [1.82, 2.24) is 0 Å². The van der Waals surface area contributed by atoms with Crippen LogP contribution in [0.5, 0.6) is 0 Å². The Balaban J connectivity index is 1.02. The summed E-state index contributed by atoms with van der Waals surface area (Å²) in [5.41, 5.74) is 0.244. The van der Waals surface area contributed by atoms with Gasteiger partial charge >= 0.3 is 0 Å². The van der Waals surface area contributed by atoms with E-state index in [9.17, 15) is 0 Å². The van der Waals surface area contributed by atoms with Gasteiger partial charge in [0.15, 0.2) is 0 Å². The van der Waals surface area contributed by atoms with Gasteiger partial charge < -0.3 is 18.9 Å². The fraction of sp³-hybridized carbons (Fsp3) is 1.00. The highest BCUT2D eigenvalue weighted by molar-refractivity contribution is 5.05. The standard InChI is InChI=1S/C22H34O4/c1-6-21(23-12-15-2-4-17-19(10-15)25-17)8-9-22(7-1,14-21)24-13-16-3-5-18-20(11-16)26-18/h15-20H,1-14H2. The lowest BCUT2D eigenvalue weighted by molar-refractivity contribution is -0.128. The Morgan fingerprint density at radius 2 is 1.19 bits per heavy atom. The number of hydrogen-bond donors (Lipinski definition) is 0. The van der Waals surface area contributed by atoms with Gasteiger partial charge in [-0.1, -0.05) is 0 Å². The first-order chi connectivity index (χ1) is 12.7. The smallest absolute Gasteiger partial charge is 0.0845 e. The molecule has 8 atom stereocenters. The van der Waals surface area contributed by atoms with Crippen molar-refractivity contribution in [3.63, 3.8) is 0 Å². The molecule has 0 aromatic heterocycles. The van der Waals surface area contributed by atoms with E-state index in [-0.39, 0.29) is 11.2 Å². The van der Waals surface area contributed by atoms with Gasteiger partial charge in [0.1, 0.15) is 0 Å². The van der Waals surface area contributed by atoms with E-state index in [1.807, 2.05) is 0 Å². The summed E-state index contributed by atoms with van der Waals surface area (Å²) in [5.74, 6) is 1.44. The largest absolute Gasteiger partial charge is 0.375 e. The maximum Gasteiger partial charge on any atom is 0.0845 e. The summed E-state index contributed by atoms with van der Waals surface area (Å²) in [6.45, 7) is 1.90. The van der Waals surface area contributed by atoms with Crippen molar-refractivity contribution in [3.8, 4) is 0 Å². The minimum atomic E-state index is 0.122. The van der Waals surface area contributed by atoms with Gasteiger partial charge in [0, 0.05) is 6.42 Å². The zero-order chi connectivity index (χ0) is 17.2. The van der Waals surface area contributed by atoms with E-state index in [1.54, 1.807) is 0 Å². The molecule has 0 aromatic carbocycles. The van der Waals surface area contributed by atoms with Crippen LogP contribution in [0.1, 0.15) is 77.0 Å². The molecule has 4 nitrogen and oxygen atoms in total. The predicted molar refractivity (Wildman–Crippen MR) is 97.1 cm³/mol. The van der Waals surface area contributed by atoms with E-state index in [0.29, 0.717) is 24.4 Å². The Morgan fingerprint density at radius 3 is 1.69 bits per heavy atom. The van der Waals surface area contributed by atoms with E-state index in [0.717, 1.165) is 31.5 Å². The quantitative estimate of drug-likeness (QED) is 0.670. The summed E-state index contributed by atoms with van der Waals surface area (Å²) in [6, 6.07) is 0. The maximum absolute atomic E-state index is 6.65. The number of rotatable bonds is 6. The van der Waals surface area contributed by atoms with Crippen LogP contribution in [0.15, 0.2) is 0 Å². The molecule has 8 unspecified atom stereocenters. The zero-order valence-corrected chi connectivity index (χ0v) is 16.0. The Kier molecular flexibility index (Phi) is 3.98. The van der Waals surface area contributed by atoms with Crippen LogP contribution < -0.4 is 0 Å². The molecule has 2 aliphatic heterocycles. The molecule has 0 spiro atoms. The second kappa shape index (κ2) is 6.17. The highest BCUT2D eigenvalue weighted by Crippen LogP contribution is 2.53. The van der Waals surface area contributed by atoms with Crippen molar-refractivity contribution in [2.24, 2.45) is 11.8 Å². The molecule has 2 saturated heterocycles. The van der Waals surface area contributed by atoms with Gasteiger partial charge in [0.2, 0.25) is 0 Å². The van der Waals surface area contributed by atoms with Crippen molar-refractivity contribution >= 4 is 0 Å². The highest BCUT2D eigenvalue weighted by Gasteiger charge is 2.54. The van der Waals surface area contributed by atoms with Crippen LogP contribution in [0.4, 0.5) is 0 Å². The summed E-state index contributed by atoms with van der Waals surface area (Å²) in [7, 11) is 0. The lowest BCUT2D eigenvalue weighted by Crippen LogP contribution is -2.42. The highest BCUT2D eigenvalue weighted by atomic mass is 16.6. The second-order valence-electron chi connectivity index (χ2n) is 10.3. The van der Waals surface area contributed by atoms with Crippen LogP contribution in [-0.2, 0) is 18.9 Å². The van der Waals surface area contributed by atoms with Gasteiger partial charge in [-0.05, 0) is 82.5 Å². The minimum Gasteiger partial charge on any atom is -0.375 e. The van der Waals surface area contributed by atoms with Gasteiger partial charge in [-0.25, -0.2) is 0 Å². The third kappa shape index (κ3) is 3.15. The zero-order valence-electron chi connectivity index (χ0n) is 16.0. The van der Waals surface area contributed by atoms with E-state index < -0.39 is 0 Å². The average Bonchev–Trinajstić information content (AvgIpc) is 3.56. The first kappa shape index (κ1) is 16.8. The minimum absolute atomic E-state index is 0.122. The molecule has 26 heavy (non-hydrogen) atoms. The van der Waals surface area contributed by atoms with E-state index >= 15 is 0 Å². The number of fused-ring (bicyclic) bond motifs is 4. The molecule has 4 aliphatic carbocycles. The third-order valence-electron chi connectivity index (χ3n) is 8.42. The molecule has 146 valence electrons. The molecule has 0 radical (unpaired) electrons. The Labute approximate surface area is 157 Å². The van der Waals surface area contributed by atoms with Gasteiger partial charge in [-0.2, -0.15) is 0 Å². The van der Waals surface area contributed by atoms with Crippen molar-refractivity contribution in [1.29, 1.82) is 0 Å². The van der Waals surface area contributed by atoms with Crippen LogP contribution >= 0.6 is 0 Å². The fourth-order valence-electron chi connectivity index (χ4n) is 6.64. The first-order valence-corrected chi connectivity index (χ1v) is 11.3. The molecule has 0 amide bonds.